The first-order valence-electron chi connectivity index (χ1n) is 9.88. The second kappa shape index (κ2) is 7.75. The minimum Gasteiger partial charge on any atom is -0.490 e. The lowest BCUT2D eigenvalue weighted by Gasteiger charge is -2.55. The van der Waals surface area contributed by atoms with Crippen molar-refractivity contribution < 1.29 is 23.4 Å². The van der Waals surface area contributed by atoms with Gasteiger partial charge in [-0.25, -0.2) is 4.39 Å². The molecule has 2 aromatic carbocycles. The van der Waals surface area contributed by atoms with Gasteiger partial charge in [0, 0.05) is 11.3 Å². The third kappa shape index (κ3) is 3.15. The second-order valence-electron chi connectivity index (χ2n) is 7.23. The summed E-state index contributed by atoms with van der Waals surface area (Å²) in [5, 5.41) is 3.66. The molecule has 0 unspecified atom stereocenters. The Balaban J connectivity index is 1.90. The van der Waals surface area contributed by atoms with Gasteiger partial charge in [0.2, 0.25) is 5.72 Å². The number of para-hydroxylation sites is 1. The predicted octanol–water partition coefficient (Wildman–Crippen LogP) is 3.95. The van der Waals surface area contributed by atoms with E-state index in [4.69, 9.17) is 26.4 Å². The van der Waals surface area contributed by atoms with Crippen LogP contribution in [0.25, 0.3) is 0 Å². The van der Waals surface area contributed by atoms with E-state index in [2.05, 4.69) is 5.32 Å². The lowest BCUT2D eigenvalue weighted by atomic mass is 9.79. The number of rotatable bonds is 5. The topological polar surface area (TPSA) is 60.0 Å². The number of benzene rings is 2. The third-order valence-corrected chi connectivity index (χ3v) is 5.72. The van der Waals surface area contributed by atoms with Crippen molar-refractivity contribution in [2.75, 3.05) is 18.1 Å². The van der Waals surface area contributed by atoms with Gasteiger partial charge in [-0.3, -0.25) is 9.69 Å². The first-order valence-corrected chi connectivity index (χ1v) is 10.3. The number of esters is 1. The molecule has 0 amide bonds. The van der Waals surface area contributed by atoms with Gasteiger partial charge < -0.3 is 19.5 Å². The van der Waals surface area contributed by atoms with Crippen LogP contribution in [0.2, 0.25) is 0 Å². The molecule has 1 saturated heterocycles. The molecule has 0 radical (unpaired) electrons. The lowest BCUT2D eigenvalue weighted by molar-refractivity contribution is -0.159. The summed E-state index contributed by atoms with van der Waals surface area (Å²) in [5.74, 6) is -0.358. The van der Waals surface area contributed by atoms with Crippen LogP contribution in [0.15, 0.2) is 42.5 Å². The number of thiocarbonyl (C=S) groups is 1. The molecule has 0 saturated carbocycles. The van der Waals surface area contributed by atoms with Crippen molar-refractivity contribution in [1.82, 2.24) is 5.32 Å². The molecular weight excluding hydrogens is 407 g/mol. The summed E-state index contributed by atoms with van der Waals surface area (Å²) < 4.78 is 31.2. The average Bonchev–Trinajstić information content (AvgIpc) is 2.70. The SMILES string of the molecule is CCOC(=O)[C@@H]1[C@@H]2NC(=S)N(c3ccc(F)cc3)[C@@]1(C)Oc1c(OCC)cccc12. The number of nitrogens with one attached hydrogen (secondary N) is 1. The van der Waals surface area contributed by atoms with Crippen LogP contribution in [0.4, 0.5) is 10.1 Å². The highest BCUT2D eigenvalue weighted by atomic mass is 32.1. The van der Waals surface area contributed by atoms with Gasteiger partial charge in [-0.2, -0.15) is 0 Å². The van der Waals surface area contributed by atoms with E-state index in [-0.39, 0.29) is 12.4 Å². The Morgan fingerprint density at radius 1 is 1.23 bits per heavy atom. The van der Waals surface area contributed by atoms with Gasteiger partial charge >= 0.3 is 5.97 Å². The zero-order chi connectivity index (χ0) is 21.5. The van der Waals surface area contributed by atoms with Crippen LogP contribution in [-0.4, -0.2) is 30.0 Å². The number of carbonyl (C=O) groups excluding carboxylic acids is 1. The average molecular weight is 431 g/mol. The minimum atomic E-state index is -1.21. The molecule has 1 fully saturated rings. The Morgan fingerprint density at radius 2 is 1.97 bits per heavy atom. The van der Waals surface area contributed by atoms with E-state index in [9.17, 15) is 9.18 Å². The molecule has 0 aliphatic carbocycles. The molecule has 2 bridgehead atoms. The van der Waals surface area contributed by atoms with Crippen molar-refractivity contribution >= 4 is 29.0 Å². The summed E-state index contributed by atoms with van der Waals surface area (Å²) in [4.78, 5) is 14.8. The molecule has 1 N–H and O–H groups in total. The fourth-order valence-corrected chi connectivity index (χ4v) is 4.62. The van der Waals surface area contributed by atoms with Crippen LogP contribution >= 0.6 is 12.2 Å². The lowest BCUT2D eigenvalue weighted by Crippen LogP contribution is -2.71. The van der Waals surface area contributed by atoms with E-state index in [0.29, 0.717) is 28.9 Å². The second-order valence-corrected chi connectivity index (χ2v) is 7.62. The maximum atomic E-state index is 13.5. The van der Waals surface area contributed by atoms with Gasteiger partial charge in [0.05, 0.1) is 19.3 Å². The predicted molar refractivity (Wildman–Crippen MR) is 114 cm³/mol. The Kier molecular flexibility index (Phi) is 5.27. The van der Waals surface area contributed by atoms with Crippen LogP contribution in [0.3, 0.4) is 0 Å². The summed E-state index contributed by atoms with van der Waals surface area (Å²) in [6.07, 6.45) is 0. The van der Waals surface area contributed by atoms with Crippen LogP contribution in [-0.2, 0) is 9.53 Å². The van der Waals surface area contributed by atoms with E-state index in [1.807, 2.05) is 25.1 Å². The number of fused-ring (bicyclic) bond motifs is 4. The highest BCUT2D eigenvalue weighted by Gasteiger charge is 2.60. The van der Waals surface area contributed by atoms with Gasteiger partial charge in [0.25, 0.3) is 0 Å². The van der Waals surface area contributed by atoms with Crippen molar-refractivity contribution in [3.8, 4) is 11.5 Å². The Morgan fingerprint density at radius 3 is 2.63 bits per heavy atom. The van der Waals surface area contributed by atoms with Crippen LogP contribution in [0.5, 0.6) is 11.5 Å². The highest BCUT2D eigenvalue weighted by Crippen LogP contribution is 2.52. The number of ether oxygens (including phenoxy) is 3. The van der Waals surface area contributed by atoms with E-state index >= 15 is 0 Å². The summed E-state index contributed by atoms with van der Waals surface area (Å²) in [6.45, 7) is 6.16. The summed E-state index contributed by atoms with van der Waals surface area (Å²) in [5.41, 5.74) is 0.163. The number of nitrogens with zero attached hydrogens (tertiary/aromatic N) is 1. The van der Waals surface area contributed by atoms with E-state index in [1.165, 1.54) is 12.1 Å². The zero-order valence-corrected chi connectivity index (χ0v) is 17.8. The van der Waals surface area contributed by atoms with Crippen LogP contribution < -0.4 is 19.7 Å². The molecule has 0 aromatic heterocycles. The zero-order valence-electron chi connectivity index (χ0n) is 17.0. The summed E-state index contributed by atoms with van der Waals surface area (Å²) in [6, 6.07) is 11.0. The first kappa shape index (κ1) is 20.4. The van der Waals surface area contributed by atoms with Crippen molar-refractivity contribution in [2.45, 2.75) is 32.5 Å². The number of anilines is 1. The molecule has 4 rings (SSSR count). The molecule has 2 heterocycles. The van der Waals surface area contributed by atoms with Gasteiger partial charge in [-0.1, -0.05) is 12.1 Å². The molecule has 158 valence electrons. The number of hydrogen-bond donors (Lipinski definition) is 1. The molecule has 2 aromatic rings. The first-order chi connectivity index (χ1) is 14.4. The molecule has 2 aliphatic rings. The van der Waals surface area contributed by atoms with Crippen LogP contribution in [0, 0.1) is 11.7 Å². The standard InChI is InChI=1S/C22H23FN2O4S/c1-4-27-16-8-6-7-15-18-17(20(26)28-5-2)22(3,29-19(15)16)25(21(30)24-18)14-11-9-13(23)10-12-14/h6-12,17-18H,4-5H2,1-3H3,(H,24,30)/t17-,18+,22-/m0/s1. The van der Waals surface area contributed by atoms with Gasteiger partial charge in [-0.05, 0) is 63.3 Å². The maximum absolute atomic E-state index is 13.5. The van der Waals surface area contributed by atoms with Gasteiger partial charge in [-0.15, -0.1) is 0 Å². The van der Waals surface area contributed by atoms with E-state index in [0.717, 1.165) is 5.56 Å². The van der Waals surface area contributed by atoms with E-state index in [1.54, 1.807) is 30.9 Å². The third-order valence-electron chi connectivity index (χ3n) is 5.41. The van der Waals surface area contributed by atoms with Crippen molar-refractivity contribution in [2.24, 2.45) is 5.92 Å². The number of hydrogen-bond acceptors (Lipinski definition) is 5. The van der Waals surface area contributed by atoms with Crippen LogP contribution in [0.1, 0.15) is 32.4 Å². The smallest absolute Gasteiger partial charge is 0.317 e. The summed E-state index contributed by atoms with van der Waals surface area (Å²) >= 11 is 5.64. The van der Waals surface area contributed by atoms with Crippen molar-refractivity contribution in [1.29, 1.82) is 0 Å². The Labute approximate surface area is 179 Å². The minimum absolute atomic E-state index is 0.241. The summed E-state index contributed by atoms with van der Waals surface area (Å²) in [7, 11) is 0. The molecule has 30 heavy (non-hydrogen) atoms. The molecular formula is C22H23FN2O4S. The van der Waals surface area contributed by atoms with Crippen molar-refractivity contribution in [3.05, 3.63) is 53.8 Å². The fraction of sp³-hybridized carbons (Fsp3) is 0.364. The highest BCUT2D eigenvalue weighted by molar-refractivity contribution is 7.80. The quantitative estimate of drug-likeness (QED) is 0.569. The molecule has 2 aliphatic heterocycles. The fourth-order valence-electron chi connectivity index (χ4n) is 4.21. The van der Waals surface area contributed by atoms with Gasteiger partial charge in [0.1, 0.15) is 11.7 Å². The maximum Gasteiger partial charge on any atom is 0.317 e. The largest absolute Gasteiger partial charge is 0.490 e. The monoisotopic (exact) mass is 430 g/mol. The molecule has 8 heteroatoms. The van der Waals surface area contributed by atoms with Crippen molar-refractivity contribution in [3.63, 3.8) is 0 Å². The molecule has 3 atom stereocenters. The Bertz CT molecular complexity index is 984. The molecule has 6 nitrogen and oxygen atoms in total. The van der Waals surface area contributed by atoms with Gasteiger partial charge in [0.15, 0.2) is 16.6 Å². The van der Waals surface area contributed by atoms with E-state index < -0.39 is 23.7 Å². The Hall–Kier alpha value is -2.87. The number of halogens is 1. The molecule has 0 spiro atoms. The number of carbonyl (C=O) groups is 1. The normalized spacial score (nSPS) is 24.4.